The molecule has 1 aliphatic heterocycles. The summed E-state index contributed by atoms with van der Waals surface area (Å²) >= 11 is 0. The van der Waals surface area contributed by atoms with Gasteiger partial charge in [0.15, 0.2) is 5.65 Å². The predicted molar refractivity (Wildman–Crippen MR) is 98.1 cm³/mol. The van der Waals surface area contributed by atoms with E-state index >= 15 is 0 Å². The second-order valence-corrected chi connectivity index (χ2v) is 6.52. The third-order valence-corrected chi connectivity index (χ3v) is 4.75. The summed E-state index contributed by atoms with van der Waals surface area (Å²) in [5.41, 5.74) is 9.52. The van der Waals surface area contributed by atoms with E-state index in [2.05, 4.69) is 39.7 Å². The third kappa shape index (κ3) is 3.39. The Morgan fingerprint density at radius 1 is 1.31 bits per heavy atom. The first kappa shape index (κ1) is 16.5. The van der Waals surface area contributed by atoms with Crippen molar-refractivity contribution in [1.29, 1.82) is 0 Å². The van der Waals surface area contributed by atoms with Crippen molar-refractivity contribution in [1.82, 2.24) is 14.6 Å². The average molecular weight is 351 g/mol. The van der Waals surface area contributed by atoms with Crippen molar-refractivity contribution in [3.8, 4) is 0 Å². The second kappa shape index (κ2) is 7.13. The van der Waals surface area contributed by atoms with Gasteiger partial charge in [0.2, 0.25) is 0 Å². The molecule has 1 saturated heterocycles. The number of ether oxygens (including phenoxy) is 1. The van der Waals surface area contributed by atoms with Crippen LogP contribution in [-0.4, -0.2) is 33.7 Å². The minimum atomic E-state index is -0.525. The lowest BCUT2D eigenvalue weighted by atomic mass is 9.91. The molecule has 0 radical (unpaired) electrons. The molecule has 26 heavy (non-hydrogen) atoms. The minimum absolute atomic E-state index is 0.327. The van der Waals surface area contributed by atoms with Gasteiger partial charge in [-0.2, -0.15) is 5.10 Å². The Morgan fingerprint density at radius 3 is 2.96 bits per heavy atom. The molecular weight excluding hydrogens is 330 g/mol. The normalized spacial score (nSPS) is 15.2. The van der Waals surface area contributed by atoms with Gasteiger partial charge in [0.1, 0.15) is 5.56 Å². The van der Waals surface area contributed by atoms with Crippen LogP contribution in [0.15, 0.2) is 42.9 Å². The van der Waals surface area contributed by atoms with Gasteiger partial charge in [-0.15, -0.1) is 0 Å². The van der Waals surface area contributed by atoms with E-state index in [1.165, 1.54) is 11.8 Å². The fourth-order valence-corrected chi connectivity index (χ4v) is 3.32. The van der Waals surface area contributed by atoms with Gasteiger partial charge in [-0.05, 0) is 36.5 Å². The zero-order valence-corrected chi connectivity index (χ0v) is 14.4. The van der Waals surface area contributed by atoms with E-state index < -0.39 is 5.91 Å². The van der Waals surface area contributed by atoms with Gasteiger partial charge in [-0.1, -0.05) is 12.1 Å². The van der Waals surface area contributed by atoms with Crippen LogP contribution in [0, 0.1) is 0 Å². The number of nitrogens with two attached hydrogens (primary N) is 1. The van der Waals surface area contributed by atoms with Crippen molar-refractivity contribution in [2.45, 2.75) is 25.3 Å². The number of hydrogen-bond acceptors (Lipinski definition) is 5. The largest absolute Gasteiger partial charge is 0.381 e. The Hall–Kier alpha value is -2.93. The molecule has 4 rings (SSSR count). The van der Waals surface area contributed by atoms with E-state index in [4.69, 9.17) is 10.5 Å². The molecular formula is C19H21N5O2. The van der Waals surface area contributed by atoms with E-state index in [1.54, 1.807) is 10.7 Å². The van der Waals surface area contributed by atoms with Crippen molar-refractivity contribution < 1.29 is 9.53 Å². The molecule has 2 aromatic heterocycles. The Morgan fingerprint density at radius 2 is 2.15 bits per heavy atom. The SMILES string of the molecule is NC(=O)c1cnn2cc(CNc3cccc(C4CCOCC4)c3)cnc12. The molecule has 1 aliphatic rings. The van der Waals surface area contributed by atoms with Gasteiger partial charge in [0, 0.05) is 43.4 Å². The number of hydrogen-bond donors (Lipinski definition) is 2. The van der Waals surface area contributed by atoms with Crippen LogP contribution in [0.25, 0.3) is 5.65 Å². The van der Waals surface area contributed by atoms with Gasteiger partial charge in [-0.25, -0.2) is 9.50 Å². The molecule has 0 spiro atoms. The number of primary amides is 1. The summed E-state index contributed by atoms with van der Waals surface area (Å²) in [7, 11) is 0. The highest BCUT2D eigenvalue weighted by Gasteiger charge is 2.16. The topological polar surface area (TPSA) is 94.5 Å². The maximum absolute atomic E-state index is 11.3. The number of carbonyl (C=O) groups is 1. The van der Waals surface area contributed by atoms with Gasteiger partial charge >= 0.3 is 0 Å². The minimum Gasteiger partial charge on any atom is -0.381 e. The summed E-state index contributed by atoms with van der Waals surface area (Å²) in [6.07, 6.45) is 7.18. The van der Waals surface area contributed by atoms with E-state index in [0.29, 0.717) is 23.7 Å². The molecule has 3 heterocycles. The summed E-state index contributed by atoms with van der Waals surface area (Å²) in [5, 5.41) is 7.58. The molecule has 7 heteroatoms. The molecule has 0 atom stereocenters. The van der Waals surface area contributed by atoms with E-state index in [-0.39, 0.29) is 0 Å². The number of anilines is 1. The fourth-order valence-electron chi connectivity index (χ4n) is 3.32. The van der Waals surface area contributed by atoms with E-state index in [0.717, 1.165) is 37.3 Å². The second-order valence-electron chi connectivity index (χ2n) is 6.52. The summed E-state index contributed by atoms with van der Waals surface area (Å²) in [6, 6.07) is 8.54. The smallest absolute Gasteiger partial charge is 0.254 e. The maximum atomic E-state index is 11.3. The number of nitrogens with zero attached hydrogens (tertiary/aromatic N) is 3. The molecule has 1 amide bonds. The van der Waals surface area contributed by atoms with Crippen LogP contribution in [0.2, 0.25) is 0 Å². The van der Waals surface area contributed by atoms with Crippen molar-refractivity contribution in [2.75, 3.05) is 18.5 Å². The zero-order valence-electron chi connectivity index (χ0n) is 14.4. The molecule has 3 aromatic rings. The quantitative estimate of drug-likeness (QED) is 0.736. The lowest BCUT2D eigenvalue weighted by Crippen LogP contribution is -2.14. The molecule has 0 saturated carbocycles. The Bertz CT molecular complexity index is 931. The fraction of sp³-hybridized carbons (Fsp3) is 0.316. The van der Waals surface area contributed by atoms with Crippen LogP contribution in [0.4, 0.5) is 5.69 Å². The van der Waals surface area contributed by atoms with E-state index in [1.807, 2.05) is 6.20 Å². The van der Waals surface area contributed by atoms with Crippen LogP contribution in [0.3, 0.4) is 0 Å². The standard InChI is InChI=1S/C19H21N5O2/c20-18(25)17-11-23-24-12-13(10-22-19(17)24)9-21-16-3-1-2-15(8-16)14-4-6-26-7-5-14/h1-3,8,10-12,14,21H,4-7,9H2,(H2,20,25). The van der Waals surface area contributed by atoms with Crippen molar-refractivity contribution in [3.63, 3.8) is 0 Å². The summed E-state index contributed by atoms with van der Waals surface area (Å²) in [5.74, 6) is 0.0446. The monoisotopic (exact) mass is 351 g/mol. The highest BCUT2D eigenvalue weighted by molar-refractivity contribution is 5.98. The maximum Gasteiger partial charge on any atom is 0.254 e. The molecule has 0 aliphatic carbocycles. The zero-order chi connectivity index (χ0) is 17.9. The number of nitrogens with one attached hydrogen (secondary N) is 1. The number of rotatable bonds is 5. The summed E-state index contributed by atoms with van der Waals surface area (Å²) < 4.78 is 7.03. The Balaban J connectivity index is 1.47. The van der Waals surface area contributed by atoms with Crippen LogP contribution in [0.5, 0.6) is 0 Å². The number of benzene rings is 1. The molecule has 1 aromatic carbocycles. The number of fused-ring (bicyclic) bond motifs is 1. The van der Waals surface area contributed by atoms with E-state index in [9.17, 15) is 4.79 Å². The molecule has 0 unspecified atom stereocenters. The first-order chi connectivity index (χ1) is 12.7. The van der Waals surface area contributed by atoms with Gasteiger partial charge in [-0.3, -0.25) is 4.79 Å². The highest BCUT2D eigenvalue weighted by atomic mass is 16.5. The van der Waals surface area contributed by atoms with Crippen LogP contribution < -0.4 is 11.1 Å². The van der Waals surface area contributed by atoms with Crippen LogP contribution in [0.1, 0.15) is 40.2 Å². The lowest BCUT2D eigenvalue weighted by molar-refractivity contribution is 0.0853. The number of aromatic nitrogens is 3. The first-order valence-electron chi connectivity index (χ1n) is 8.74. The Labute approximate surface area is 151 Å². The summed E-state index contributed by atoms with van der Waals surface area (Å²) in [6.45, 7) is 2.29. The molecule has 1 fully saturated rings. The molecule has 134 valence electrons. The van der Waals surface area contributed by atoms with Crippen molar-refractivity contribution in [2.24, 2.45) is 5.73 Å². The van der Waals surface area contributed by atoms with Gasteiger partial charge < -0.3 is 15.8 Å². The highest BCUT2D eigenvalue weighted by Crippen LogP contribution is 2.28. The first-order valence-corrected chi connectivity index (χ1v) is 8.74. The Kier molecular flexibility index (Phi) is 4.53. The van der Waals surface area contributed by atoms with Crippen LogP contribution in [-0.2, 0) is 11.3 Å². The molecule has 7 nitrogen and oxygen atoms in total. The predicted octanol–water partition coefficient (Wildman–Crippen LogP) is 2.33. The average Bonchev–Trinajstić information content (AvgIpc) is 3.11. The van der Waals surface area contributed by atoms with Crippen molar-refractivity contribution in [3.05, 3.63) is 59.5 Å². The lowest BCUT2D eigenvalue weighted by Gasteiger charge is -2.23. The van der Waals surface area contributed by atoms with Gasteiger partial charge in [0.05, 0.1) is 6.20 Å². The summed E-state index contributed by atoms with van der Waals surface area (Å²) in [4.78, 5) is 15.7. The van der Waals surface area contributed by atoms with Crippen molar-refractivity contribution >= 4 is 17.2 Å². The molecule has 3 N–H and O–H groups in total. The van der Waals surface area contributed by atoms with Gasteiger partial charge in [0.25, 0.3) is 5.91 Å². The number of amides is 1. The van der Waals surface area contributed by atoms with Crippen LogP contribution >= 0.6 is 0 Å². The number of carbonyl (C=O) groups excluding carboxylic acids is 1. The molecule has 0 bridgehead atoms. The third-order valence-electron chi connectivity index (χ3n) is 4.75.